The number of benzene rings is 1. The van der Waals surface area contributed by atoms with Gasteiger partial charge in [-0.3, -0.25) is 9.69 Å². The molecule has 0 saturated carbocycles. The summed E-state index contributed by atoms with van der Waals surface area (Å²) in [4.78, 5) is 17.0. The summed E-state index contributed by atoms with van der Waals surface area (Å²) in [6, 6.07) is 8.28. The van der Waals surface area contributed by atoms with Crippen molar-refractivity contribution in [3.05, 3.63) is 46.5 Å². The molecule has 1 aliphatic rings. The highest BCUT2D eigenvalue weighted by atomic mass is 79.9. The number of hydrogen-bond acceptors (Lipinski definition) is 3. The van der Waals surface area contributed by atoms with Crippen LogP contribution in [0.4, 0.5) is 0 Å². The summed E-state index contributed by atoms with van der Waals surface area (Å²) < 4.78 is 1.04. The average Bonchev–Trinajstić information content (AvgIpc) is 3.06. The second kappa shape index (κ2) is 9.50. The number of nitrogens with zero attached hydrogens (tertiary/aromatic N) is 2. The van der Waals surface area contributed by atoms with Gasteiger partial charge in [0.15, 0.2) is 0 Å². The van der Waals surface area contributed by atoms with Crippen LogP contribution >= 0.6 is 27.7 Å². The van der Waals surface area contributed by atoms with Crippen molar-refractivity contribution in [1.82, 2.24) is 9.80 Å². The Labute approximate surface area is 152 Å². The number of amides is 1. The molecular formula is C18H25BrN2OS. The molecule has 1 amide bonds. The Morgan fingerprint density at radius 3 is 2.57 bits per heavy atom. The summed E-state index contributed by atoms with van der Waals surface area (Å²) in [6.07, 6.45) is 8.04. The number of thioether (sulfide) groups is 1. The van der Waals surface area contributed by atoms with Gasteiger partial charge < -0.3 is 4.90 Å². The van der Waals surface area contributed by atoms with E-state index in [-0.39, 0.29) is 11.9 Å². The maximum atomic E-state index is 12.6. The van der Waals surface area contributed by atoms with Crippen LogP contribution in [0.3, 0.4) is 0 Å². The second-order valence-electron chi connectivity index (χ2n) is 5.93. The van der Waals surface area contributed by atoms with Gasteiger partial charge >= 0.3 is 0 Å². The smallest absolute Gasteiger partial charge is 0.227 e. The summed E-state index contributed by atoms with van der Waals surface area (Å²) in [7, 11) is 1.95. The summed E-state index contributed by atoms with van der Waals surface area (Å²) in [5, 5.41) is 0. The summed E-state index contributed by atoms with van der Waals surface area (Å²) in [5.74, 6) is 1.28. The van der Waals surface area contributed by atoms with Gasteiger partial charge in [-0.25, -0.2) is 0 Å². The third-order valence-corrected chi connectivity index (χ3v) is 5.40. The van der Waals surface area contributed by atoms with Gasteiger partial charge in [0.2, 0.25) is 5.91 Å². The molecule has 2 rings (SSSR count). The first-order valence-electron chi connectivity index (χ1n) is 7.96. The van der Waals surface area contributed by atoms with E-state index in [4.69, 9.17) is 0 Å². The zero-order valence-electron chi connectivity index (χ0n) is 13.9. The molecule has 0 saturated heterocycles. The number of likely N-dealkylation sites (N-methyl/N-ethyl adjacent to an activating group) is 1. The first kappa shape index (κ1) is 18.6. The zero-order chi connectivity index (χ0) is 16.7. The molecule has 3 nitrogen and oxygen atoms in total. The highest BCUT2D eigenvalue weighted by Gasteiger charge is 2.22. The van der Waals surface area contributed by atoms with Crippen LogP contribution in [0.1, 0.15) is 12.0 Å². The average molecular weight is 397 g/mol. The molecule has 0 bridgehead atoms. The van der Waals surface area contributed by atoms with E-state index in [1.165, 1.54) is 0 Å². The van der Waals surface area contributed by atoms with Crippen molar-refractivity contribution in [2.45, 2.75) is 18.9 Å². The van der Waals surface area contributed by atoms with E-state index in [0.29, 0.717) is 6.42 Å². The minimum absolute atomic E-state index is 0.200. The van der Waals surface area contributed by atoms with Gasteiger partial charge in [-0.2, -0.15) is 11.8 Å². The lowest BCUT2D eigenvalue weighted by Crippen LogP contribution is -2.45. The Morgan fingerprint density at radius 1 is 1.30 bits per heavy atom. The van der Waals surface area contributed by atoms with E-state index in [1.807, 2.05) is 48.0 Å². The van der Waals surface area contributed by atoms with Gasteiger partial charge in [0.25, 0.3) is 0 Å². The number of rotatable bonds is 8. The van der Waals surface area contributed by atoms with Gasteiger partial charge in [0.1, 0.15) is 0 Å². The Kier molecular flexibility index (Phi) is 7.66. The van der Waals surface area contributed by atoms with E-state index < -0.39 is 0 Å². The van der Waals surface area contributed by atoms with Crippen molar-refractivity contribution in [2.75, 3.05) is 38.7 Å². The van der Waals surface area contributed by atoms with Crippen molar-refractivity contribution in [1.29, 1.82) is 0 Å². The molecule has 0 unspecified atom stereocenters. The van der Waals surface area contributed by atoms with E-state index in [2.05, 4.69) is 39.2 Å². The van der Waals surface area contributed by atoms with Crippen LogP contribution in [-0.2, 0) is 11.2 Å². The molecule has 23 heavy (non-hydrogen) atoms. The molecule has 0 aromatic heterocycles. The molecule has 0 fully saturated rings. The Bertz CT molecular complexity index is 524. The molecule has 1 atom stereocenters. The topological polar surface area (TPSA) is 23.6 Å². The molecule has 0 aliphatic carbocycles. The molecule has 0 N–H and O–H groups in total. The molecule has 5 heteroatoms. The van der Waals surface area contributed by atoms with Gasteiger partial charge in [-0.05, 0) is 36.1 Å². The fraction of sp³-hybridized carbons (Fsp3) is 0.500. The quantitative estimate of drug-likeness (QED) is 0.628. The minimum atomic E-state index is 0.200. The Balaban J connectivity index is 1.94. The van der Waals surface area contributed by atoms with E-state index in [0.717, 1.165) is 41.8 Å². The van der Waals surface area contributed by atoms with Gasteiger partial charge in [-0.15, -0.1) is 0 Å². The molecule has 126 valence electrons. The summed E-state index contributed by atoms with van der Waals surface area (Å²) in [6.45, 7) is 2.96. The van der Waals surface area contributed by atoms with Crippen LogP contribution in [0.15, 0.2) is 40.9 Å². The van der Waals surface area contributed by atoms with Crippen LogP contribution in [-0.4, -0.2) is 60.4 Å². The predicted molar refractivity (Wildman–Crippen MR) is 103 cm³/mol. The molecule has 1 aromatic rings. The van der Waals surface area contributed by atoms with Crippen LogP contribution in [0.25, 0.3) is 0 Å². The molecule has 0 radical (unpaired) electrons. The highest BCUT2D eigenvalue weighted by molar-refractivity contribution is 9.10. The normalized spacial score (nSPS) is 15.8. The van der Waals surface area contributed by atoms with Crippen LogP contribution in [0.2, 0.25) is 0 Å². The standard InChI is InChI=1S/C18H25BrN2OS/c1-20(18(22)13-15-5-7-16(19)8-6-15)17(9-12-23-2)14-21-10-3-4-11-21/h3-8,17H,9-14H2,1-2H3/t17-/m0/s1. The SMILES string of the molecule is CSCC[C@@H](CN1CC=CC1)N(C)C(=O)Cc1ccc(Br)cc1. The largest absolute Gasteiger partial charge is 0.341 e. The van der Waals surface area contributed by atoms with Crippen LogP contribution < -0.4 is 0 Å². The molecule has 1 heterocycles. The molecular weight excluding hydrogens is 372 g/mol. The van der Waals surface area contributed by atoms with Crippen molar-refractivity contribution in [3.8, 4) is 0 Å². The number of carbonyl (C=O) groups is 1. The van der Waals surface area contributed by atoms with Crippen molar-refractivity contribution >= 4 is 33.6 Å². The van der Waals surface area contributed by atoms with Crippen LogP contribution in [0, 0.1) is 0 Å². The van der Waals surface area contributed by atoms with Crippen molar-refractivity contribution < 1.29 is 4.79 Å². The van der Waals surface area contributed by atoms with Gasteiger partial charge in [0.05, 0.1) is 6.42 Å². The van der Waals surface area contributed by atoms with Crippen molar-refractivity contribution in [2.24, 2.45) is 0 Å². The summed E-state index contributed by atoms with van der Waals surface area (Å²) in [5.41, 5.74) is 1.07. The van der Waals surface area contributed by atoms with E-state index in [1.54, 1.807) is 0 Å². The second-order valence-corrected chi connectivity index (χ2v) is 7.83. The maximum Gasteiger partial charge on any atom is 0.227 e. The third-order valence-electron chi connectivity index (χ3n) is 4.23. The number of carbonyl (C=O) groups excluding carboxylic acids is 1. The van der Waals surface area contributed by atoms with Gasteiger partial charge in [-0.1, -0.05) is 40.2 Å². The predicted octanol–water partition coefficient (Wildman–Crippen LogP) is 3.44. The monoisotopic (exact) mass is 396 g/mol. The zero-order valence-corrected chi connectivity index (χ0v) is 16.3. The fourth-order valence-electron chi connectivity index (χ4n) is 2.74. The maximum absolute atomic E-state index is 12.6. The highest BCUT2D eigenvalue weighted by Crippen LogP contribution is 2.15. The number of hydrogen-bond donors (Lipinski definition) is 0. The Morgan fingerprint density at radius 2 is 1.96 bits per heavy atom. The fourth-order valence-corrected chi connectivity index (χ4v) is 3.51. The number of halogens is 1. The molecule has 0 spiro atoms. The minimum Gasteiger partial charge on any atom is -0.341 e. The lowest BCUT2D eigenvalue weighted by atomic mass is 10.1. The van der Waals surface area contributed by atoms with Crippen molar-refractivity contribution in [3.63, 3.8) is 0 Å². The van der Waals surface area contributed by atoms with E-state index in [9.17, 15) is 4.79 Å². The van der Waals surface area contributed by atoms with E-state index >= 15 is 0 Å². The first-order valence-corrected chi connectivity index (χ1v) is 10.1. The first-order chi connectivity index (χ1) is 11.1. The molecule has 1 aromatic carbocycles. The lowest BCUT2D eigenvalue weighted by Gasteiger charge is -2.31. The van der Waals surface area contributed by atoms with Gasteiger partial charge in [0, 0.05) is 37.2 Å². The lowest BCUT2D eigenvalue weighted by molar-refractivity contribution is -0.131. The van der Waals surface area contributed by atoms with Crippen LogP contribution in [0.5, 0.6) is 0 Å². The summed E-state index contributed by atoms with van der Waals surface area (Å²) >= 11 is 5.28. The Hall–Kier alpha value is -0.780. The third kappa shape index (κ3) is 5.98. The molecule has 1 aliphatic heterocycles.